The van der Waals surface area contributed by atoms with E-state index in [1.54, 1.807) is 31.6 Å². The summed E-state index contributed by atoms with van der Waals surface area (Å²) < 4.78 is 6.90. The van der Waals surface area contributed by atoms with Crippen molar-refractivity contribution >= 4 is 34.0 Å². The second-order valence-corrected chi connectivity index (χ2v) is 7.01. The molecule has 1 aromatic heterocycles. The van der Waals surface area contributed by atoms with Gasteiger partial charge in [-0.3, -0.25) is 19.5 Å². The molecule has 9 nitrogen and oxygen atoms in total. The van der Waals surface area contributed by atoms with Gasteiger partial charge in [0.2, 0.25) is 0 Å². The zero-order valence-electron chi connectivity index (χ0n) is 17.3. The number of para-hydroxylation sites is 2. The first kappa shape index (κ1) is 21.0. The molecule has 3 aromatic carbocycles. The van der Waals surface area contributed by atoms with Gasteiger partial charge in [-0.1, -0.05) is 12.1 Å². The molecule has 1 heterocycles. The molecule has 0 aliphatic heterocycles. The maximum Gasteiger partial charge on any atom is 0.293 e. The summed E-state index contributed by atoms with van der Waals surface area (Å²) in [6, 6.07) is 19.4. The fourth-order valence-corrected chi connectivity index (χ4v) is 3.33. The van der Waals surface area contributed by atoms with Crippen LogP contribution in [-0.2, 0) is 4.74 Å². The Kier molecular flexibility index (Phi) is 6.09. The van der Waals surface area contributed by atoms with Crippen molar-refractivity contribution in [2.24, 2.45) is 0 Å². The van der Waals surface area contributed by atoms with Gasteiger partial charge in [-0.2, -0.15) is 0 Å². The fraction of sp³-hybridized carbons (Fsp3) is 0.130. The van der Waals surface area contributed by atoms with E-state index in [0.717, 1.165) is 16.7 Å². The Morgan fingerprint density at radius 1 is 1.12 bits per heavy atom. The largest absolute Gasteiger partial charge is 0.383 e. The number of nitrogens with zero attached hydrogens (tertiary/aromatic N) is 3. The summed E-state index contributed by atoms with van der Waals surface area (Å²) in [5.41, 5.74) is 3.71. The lowest BCUT2D eigenvalue weighted by atomic mass is 10.1. The third-order valence-corrected chi connectivity index (χ3v) is 4.94. The van der Waals surface area contributed by atoms with Gasteiger partial charge in [0.1, 0.15) is 12.0 Å². The average molecular weight is 431 g/mol. The Morgan fingerprint density at radius 3 is 2.66 bits per heavy atom. The number of ether oxygens (including phenoxy) is 1. The lowest BCUT2D eigenvalue weighted by molar-refractivity contribution is -0.384. The molecule has 2 N–H and O–H groups in total. The summed E-state index contributed by atoms with van der Waals surface area (Å²) in [4.78, 5) is 28.0. The number of carbonyl (C=O) groups excluding carboxylic acids is 1. The molecule has 0 bridgehead atoms. The van der Waals surface area contributed by atoms with Crippen LogP contribution in [0.25, 0.3) is 16.7 Å². The normalized spacial score (nSPS) is 10.8. The number of imidazole rings is 1. The topological polar surface area (TPSA) is 111 Å². The van der Waals surface area contributed by atoms with Crippen LogP contribution in [0.2, 0.25) is 0 Å². The van der Waals surface area contributed by atoms with Crippen molar-refractivity contribution in [1.82, 2.24) is 9.55 Å². The second-order valence-electron chi connectivity index (χ2n) is 7.01. The molecule has 0 saturated heterocycles. The molecule has 0 atom stereocenters. The van der Waals surface area contributed by atoms with Crippen LogP contribution >= 0.6 is 0 Å². The number of anilines is 2. The molecule has 0 unspecified atom stereocenters. The fourth-order valence-electron chi connectivity index (χ4n) is 3.33. The van der Waals surface area contributed by atoms with Gasteiger partial charge in [-0.05, 0) is 48.5 Å². The summed E-state index contributed by atoms with van der Waals surface area (Å²) in [6.45, 7) is 0.825. The van der Waals surface area contributed by atoms with E-state index in [1.165, 1.54) is 12.1 Å². The quantitative estimate of drug-likeness (QED) is 0.245. The Labute approximate surface area is 183 Å². The van der Waals surface area contributed by atoms with Crippen molar-refractivity contribution in [3.05, 3.63) is 88.7 Å². The first-order chi connectivity index (χ1) is 15.6. The van der Waals surface area contributed by atoms with Crippen LogP contribution in [0.1, 0.15) is 10.4 Å². The van der Waals surface area contributed by atoms with Crippen LogP contribution in [0.4, 0.5) is 17.1 Å². The Balaban J connectivity index is 1.50. The van der Waals surface area contributed by atoms with E-state index in [4.69, 9.17) is 4.74 Å². The molecule has 32 heavy (non-hydrogen) atoms. The number of hydrogen-bond donors (Lipinski definition) is 2. The molecule has 162 valence electrons. The minimum Gasteiger partial charge on any atom is -0.383 e. The van der Waals surface area contributed by atoms with Gasteiger partial charge in [0.05, 0.1) is 22.6 Å². The van der Waals surface area contributed by atoms with Crippen LogP contribution in [-0.4, -0.2) is 40.6 Å². The van der Waals surface area contributed by atoms with Gasteiger partial charge in [0.15, 0.2) is 0 Å². The number of nitro groups is 1. The van der Waals surface area contributed by atoms with Gasteiger partial charge < -0.3 is 15.4 Å². The number of aromatic nitrogens is 2. The molecule has 0 saturated carbocycles. The van der Waals surface area contributed by atoms with Gasteiger partial charge in [-0.15, -0.1) is 0 Å². The highest BCUT2D eigenvalue weighted by atomic mass is 16.6. The molecular formula is C23H21N5O4. The Bertz CT molecular complexity index is 1270. The van der Waals surface area contributed by atoms with Gasteiger partial charge in [0, 0.05) is 36.7 Å². The maximum absolute atomic E-state index is 12.7. The SMILES string of the molecule is COCCNc1ccc(C(=O)Nc2ccc(-n3cnc4ccccc43)cc2)cc1[N+](=O)[O-]. The summed E-state index contributed by atoms with van der Waals surface area (Å²) in [7, 11) is 1.55. The minimum atomic E-state index is -0.518. The predicted octanol–water partition coefficient (Wildman–Crippen LogP) is 4.24. The zero-order chi connectivity index (χ0) is 22.5. The van der Waals surface area contributed by atoms with Crippen LogP contribution < -0.4 is 10.6 Å². The third kappa shape index (κ3) is 4.42. The van der Waals surface area contributed by atoms with Crippen molar-refractivity contribution in [3.8, 4) is 5.69 Å². The van der Waals surface area contributed by atoms with Crippen molar-refractivity contribution in [2.75, 3.05) is 30.9 Å². The van der Waals surface area contributed by atoms with E-state index in [2.05, 4.69) is 15.6 Å². The van der Waals surface area contributed by atoms with E-state index in [1.807, 2.05) is 41.0 Å². The molecule has 4 rings (SSSR count). The molecule has 0 radical (unpaired) electrons. The molecule has 1 amide bonds. The number of nitrogens with one attached hydrogen (secondary N) is 2. The van der Waals surface area contributed by atoms with Crippen LogP contribution in [0.15, 0.2) is 73.1 Å². The monoisotopic (exact) mass is 431 g/mol. The molecule has 0 aliphatic carbocycles. The number of hydrogen-bond acceptors (Lipinski definition) is 6. The number of benzene rings is 3. The summed E-state index contributed by atoms with van der Waals surface area (Å²) >= 11 is 0. The van der Waals surface area contributed by atoms with E-state index in [-0.39, 0.29) is 11.3 Å². The highest BCUT2D eigenvalue weighted by Gasteiger charge is 2.17. The lowest BCUT2D eigenvalue weighted by Gasteiger charge is -2.10. The van der Waals surface area contributed by atoms with Crippen LogP contribution in [0, 0.1) is 10.1 Å². The number of methoxy groups -OCH3 is 1. The zero-order valence-corrected chi connectivity index (χ0v) is 17.3. The first-order valence-corrected chi connectivity index (χ1v) is 9.92. The average Bonchev–Trinajstić information content (AvgIpc) is 3.24. The molecular weight excluding hydrogens is 410 g/mol. The number of nitro benzene ring substituents is 1. The van der Waals surface area contributed by atoms with Crippen molar-refractivity contribution in [2.45, 2.75) is 0 Å². The number of fused-ring (bicyclic) bond motifs is 1. The van der Waals surface area contributed by atoms with Crippen molar-refractivity contribution in [3.63, 3.8) is 0 Å². The molecule has 9 heteroatoms. The number of carbonyl (C=O) groups is 1. The van der Waals surface area contributed by atoms with Crippen molar-refractivity contribution < 1.29 is 14.5 Å². The van der Waals surface area contributed by atoms with E-state index in [9.17, 15) is 14.9 Å². The predicted molar refractivity (Wildman–Crippen MR) is 122 cm³/mol. The van der Waals surface area contributed by atoms with E-state index < -0.39 is 10.8 Å². The van der Waals surface area contributed by atoms with Crippen molar-refractivity contribution in [1.29, 1.82) is 0 Å². The molecule has 0 spiro atoms. The lowest BCUT2D eigenvalue weighted by Crippen LogP contribution is -2.13. The Morgan fingerprint density at radius 2 is 1.91 bits per heavy atom. The van der Waals surface area contributed by atoms with Gasteiger partial charge >= 0.3 is 0 Å². The highest BCUT2D eigenvalue weighted by molar-refractivity contribution is 6.05. The Hall–Kier alpha value is -4.24. The van der Waals surface area contributed by atoms with E-state index in [0.29, 0.717) is 24.5 Å². The maximum atomic E-state index is 12.7. The molecule has 0 aliphatic rings. The first-order valence-electron chi connectivity index (χ1n) is 9.92. The minimum absolute atomic E-state index is 0.170. The standard InChI is InChI=1S/C23H21N5O4/c1-32-13-12-24-20-11-6-16(14-22(20)28(30)31)23(29)26-17-7-9-18(10-8-17)27-15-25-19-4-2-3-5-21(19)27/h2-11,14-15,24H,12-13H2,1H3,(H,26,29). The number of rotatable bonds is 8. The van der Waals surface area contributed by atoms with Crippen LogP contribution in [0.3, 0.4) is 0 Å². The van der Waals surface area contributed by atoms with Crippen LogP contribution in [0.5, 0.6) is 0 Å². The number of amides is 1. The second kappa shape index (κ2) is 9.27. The molecule has 4 aromatic rings. The molecule has 0 fully saturated rings. The highest BCUT2D eigenvalue weighted by Crippen LogP contribution is 2.26. The van der Waals surface area contributed by atoms with Gasteiger partial charge in [0.25, 0.3) is 11.6 Å². The van der Waals surface area contributed by atoms with Gasteiger partial charge in [-0.25, -0.2) is 4.98 Å². The summed E-state index contributed by atoms with van der Waals surface area (Å²) in [6.07, 6.45) is 1.75. The summed E-state index contributed by atoms with van der Waals surface area (Å²) in [5.74, 6) is -0.433. The smallest absolute Gasteiger partial charge is 0.293 e. The summed E-state index contributed by atoms with van der Waals surface area (Å²) in [5, 5.41) is 17.1. The third-order valence-electron chi connectivity index (χ3n) is 4.94. The van der Waals surface area contributed by atoms with E-state index >= 15 is 0 Å².